The zero-order chi connectivity index (χ0) is 13.1. The lowest BCUT2D eigenvalue weighted by Crippen LogP contribution is -2.42. The zero-order valence-electron chi connectivity index (χ0n) is 12.5. The van der Waals surface area contributed by atoms with E-state index in [1.165, 1.54) is 32.1 Å². The minimum absolute atomic E-state index is 0.0154. The Kier molecular flexibility index (Phi) is 3.05. The third-order valence-electron chi connectivity index (χ3n) is 7.30. The second-order valence-corrected chi connectivity index (χ2v) is 8.17. The lowest BCUT2D eigenvalue weighted by atomic mass is 9.60. The van der Waals surface area contributed by atoms with E-state index in [1.54, 1.807) is 0 Å². The Hall–Kier alpha value is -0.0400. The molecule has 3 saturated carbocycles. The van der Waals surface area contributed by atoms with Crippen LogP contribution >= 0.6 is 0 Å². The van der Waals surface area contributed by atoms with Crippen molar-refractivity contribution in [2.45, 2.75) is 65.9 Å². The van der Waals surface area contributed by atoms with E-state index in [0.717, 1.165) is 23.7 Å². The van der Waals surface area contributed by atoms with Crippen LogP contribution in [0.1, 0.15) is 59.8 Å². The molecule has 7 atom stereocenters. The van der Waals surface area contributed by atoms with Crippen molar-refractivity contribution in [2.75, 3.05) is 0 Å². The number of hydrogen-bond donors (Lipinski definition) is 1. The van der Waals surface area contributed by atoms with Crippen molar-refractivity contribution in [2.24, 2.45) is 40.9 Å². The molecule has 104 valence electrons. The van der Waals surface area contributed by atoms with Crippen LogP contribution in [0.3, 0.4) is 0 Å². The summed E-state index contributed by atoms with van der Waals surface area (Å²) in [6.45, 7) is 9.66. The standard InChI is InChI=1S/C17H30O/c1-10-6-5-7-13(16(10)18)15-9-12-8-14(15)11(2)17(12,3)4/h10-16,18H,5-9H2,1-4H3. The largest absolute Gasteiger partial charge is 0.393 e. The van der Waals surface area contributed by atoms with Crippen LogP contribution in [0, 0.1) is 40.9 Å². The minimum atomic E-state index is -0.0154. The Bertz CT molecular complexity index is 318. The van der Waals surface area contributed by atoms with Crippen LogP contribution in [0.15, 0.2) is 0 Å². The first-order valence-corrected chi connectivity index (χ1v) is 8.11. The van der Waals surface area contributed by atoms with Crippen molar-refractivity contribution in [3.8, 4) is 0 Å². The lowest BCUT2D eigenvalue weighted by molar-refractivity contribution is -0.0365. The molecule has 3 aliphatic rings. The molecular weight excluding hydrogens is 220 g/mol. The lowest BCUT2D eigenvalue weighted by Gasteiger charge is -2.46. The molecule has 0 saturated heterocycles. The average molecular weight is 250 g/mol. The Balaban J connectivity index is 1.76. The molecule has 0 amide bonds. The third kappa shape index (κ3) is 1.69. The number of rotatable bonds is 1. The predicted molar refractivity (Wildman–Crippen MR) is 75.2 cm³/mol. The van der Waals surface area contributed by atoms with Gasteiger partial charge in [-0.1, -0.05) is 34.1 Å². The topological polar surface area (TPSA) is 20.2 Å². The van der Waals surface area contributed by atoms with E-state index in [9.17, 15) is 5.11 Å². The van der Waals surface area contributed by atoms with Gasteiger partial charge in [0.05, 0.1) is 6.10 Å². The van der Waals surface area contributed by atoms with E-state index >= 15 is 0 Å². The van der Waals surface area contributed by atoms with Gasteiger partial charge in [-0.05, 0) is 66.6 Å². The van der Waals surface area contributed by atoms with Gasteiger partial charge in [0.15, 0.2) is 0 Å². The summed E-state index contributed by atoms with van der Waals surface area (Å²) in [4.78, 5) is 0. The molecule has 1 N–H and O–H groups in total. The molecule has 0 heterocycles. The van der Waals surface area contributed by atoms with Crippen molar-refractivity contribution in [1.29, 1.82) is 0 Å². The Morgan fingerprint density at radius 1 is 0.944 bits per heavy atom. The molecule has 7 unspecified atom stereocenters. The molecule has 3 aliphatic carbocycles. The summed E-state index contributed by atoms with van der Waals surface area (Å²) in [5.74, 6) is 4.65. The fourth-order valence-corrected chi connectivity index (χ4v) is 5.61. The van der Waals surface area contributed by atoms with Gasteiger partial charge < -0.3 is 5.11 Å². The second kappa shape index (κ2) is 4.23. The van der Waals surface area contributed by atoms with Crippen molar-refractivity contribution in [3.05, 3.63) is 0 Å². The Labute approximate surface area is 112 Å². The van der Waals surface area contributed by atoms with Gasteiger partial charge in [0.25, 0.3) is 0 Å². The van der Waals surface area contributed by atoms with Crippen molar-refractivity contribution in [1.82, 2.24) is 0 Å². The highest BCUT2D eigenvalue weighted by Crippen LogP contribution is 2.64. The molecule has 1 heteroatoms. The summed E-state index contributed by atoms with van der Waals surface area (Å²) < 4.78 is 0. The molecule has 0 aliphatic heterocycles. The Morgan fingerprint density at radius 2 is 1.61 bits per heavy atom. The normalized spacial score (nSPS) is 54.8. The molecule has 18 heavy (non-hydrogen) atoms. The highest BCUT2D eigenvalue weighted by Gasteiger charge is 2.57. The van der Waals surface area contributed by atoms with E-state index in [4.69, 9.17) is 0 Å². The molecule has 1 nitrogen and oxygen atoms in total. The van der Waals surface area contributed by atoms with Gasteiger partial charge in [0.2, 0.25) is 0 Å². The molecule has 3 rings (SSSR count). The number of aliphatic hydroxyl groups excluding tert-OH is 1. The quantitative estimate of drug-likeness (QED) is 0.743. The van der Waals surface area contributed by atoms with E-state index < -0.39 is 0 Å². The minimum Gasteiger partial charge on any atom is -0.393 e. The van der Waals surface area contributed by atoms with Crippen LogP contribution in [-0.4, -0.2) is 11.2 Å². The molecule has 0 aromatic rings. The fraction of sp³-hybridized carbons (Fsp3) is 1.00. The summed E-state index contributed by atoms with van der Waals surface area (Å²) in [5.41, 5.74) is 0.548. The SMILES string of the molecule is CC1CCCC(C2CC3CC2C(C)C3(C)C)C1O. The maximum absolute atomic E-state index is 10.5. The van der Waals surface area contributed by atoms with Crippen LogP contribution in [-0.2, 0) is 0 Å². The smallest absolute Gasteiger partial charge is 0.0596 e. The summed E-state index contributed by atoms with van der Waals surface area (Å²) in [6.07, 6.45) is 6.69. The van der Waals surface area contributed by atoms with Gasteiger partial charge in [-0.25, -0.2) is 0 Å². The van der Waals surface area contributed by atoms with Gasteiger partial charge in [0, 0.05) is 0 Å². The van der Waals surface area contributed by atoms with E-state index in [2.05, 4.69) is 27.7 Å². The van der Waals surface area contributed by atoms with Crippen LogP contribution < -0.4 is 0 Å². The van der Waals surface area contributed by atoms with Crippen molar-refractivity contribution >= 4 is 0 Å². The molecule has 2 bridgehead atoms. The maximum Gasteiger partial charge on any atom is 0.0596 e. The first kappa shape index (κ1) is 13.0. The van der Waals surface area contributed by atoms with Crippen LogP contribution in [0.2, 0.25) is 0 Å². The monoisotopic (exact) mass is 250 g/mol. The van der Waals surface area contributed by atoms with Crippen LogP contribution in [0.4, 0.5) is 0 Å². The highest BCUT2D eigenvalue weighted by molar-refractivity contribution is 5.06. The Morgan fingerprint density at radius 3 is 2.22 bits per heavy atom. The summed E-state index contributed by atoms with van der Waals surface area (Å²) >= 11 is 0. The first-order valence-electron chi connectivity index (χ1n) is 8.11. The maximum atomic E-state index is 10.5. The molecule has 0 aromatic carbocycles. The molecule has 3 fully saturated rings. The zero-order valence-corrected chi connectivity index (χ0v) is 12.5. The van der Waals surface area contributed by atoms with Crippen LogP contribution in [0.5, 0.6) is 0 Å². The first-order chi connectivity index (χ1) is 8.43. The van der Waals surface area contributed by atoms with Gasteiger partial charge >= 0.3 is 0 Å². The van der Waals surface area contributed by atoms with Gasteiger partial charge in [0.1, 0.15) is 0 Å². The summed E-state index contributed by atoms with van der Waals surface area (Å²) in [5, 5.41) is 10.5. The number of hydrogen-bond acceptors (Lipinski definition) is 1. The molecule has 0 aromatic heterocycles. The highest BCUT2D eigenvalue weighted by atomic mass is 16.3. The summed E-state index contributed by atoms with van der Waals surface area (Å²) in [7, 11) is 0. The third-order valence-corrected chi connectivity index (χ3v) is 7.30. The van der Waals surface area contributed by atoms with E-state index in [1.807, 2.05) is 0 Å². The van der Waals surface area contributed by atoms with Gasteiger partial charge in [-0.15, -0.1) is 0 Å². The second-order valence-electron chi connectivity index (χ2n) is 8.17. The average Bonchev–Trinajstić information content (AvgIpc) is 2.83. The van der Waals surface area contributed by atoms with Gasteiger partial charge in [-0.2, -0.15) is 0 Å². The van der Waals surface area contributed by atoms with Crippen molar-refractivity contribution in [3.63, 3.8) is 0 Å². The van der Waals surface area contributed by atoms with Crippen molar-refractivity contribution < 1.29 is 5.11 Å². The summed E-state index contributed by atoms with van der Waals surface area (Å²) in [6, 6.07) is 0. The molecular formula is C17H30O. The molecule has 0 radical (unpaired) electrons. The predicted octanol–water partition coefficient (Wildman–Crippen LogP) is 4.10. The number of aliphatic hydroxyl groups is 1. The molecule has 0 spiro atoms. The van der Waals surface area contributed by atoms with Gasteiger partial charge in [-0.3, -0.25) is 0 Å². The van der Waals surface area contributed by atoms with E-state index in [0.29, 0.717) is 17.3 Å². The fourth-order valence-electron chi connectivity index (χ4n) is 5.61. The number of fused-ring (bicyclic) bond motifs is 2. The van der Waals surface area contributed by atoms with E-state index in [-0.39, 0.29) is 6.10 Å². The van der Waals surface area contributed by atoms with Crippen LogP contribution in [0.25, 0.3) is 0 Å².